The highest BCUT2D eigenvalue weighted by Gasteiger charge is 2.10. The fraction of sp³-hybridized carbons (Fsp3) is 0.500. The molecule has 0 amide bonds. The maximum absolute atomic E-state index is 6.04. The van der Waals surface area contributed by atoms with E-state index in [2.05, 4.69) is 37.8 Å². The van der Waals surface area contributed by atoms with Gasteiger partial charge < -0.3 is 9.16 Å². The van der Waals surface area contributed by atoms with Gasteiger partial charge in [0, 0.05) is 13.2 Å². The molecule has 1 aromatic carbocycles. The van der Waals surface area contributed by atoms with E-state index in [1.54, 1.807) is 0 Å². The van der Waals surface area contributed by atoms with Crippen LogP contribution in [0.5, 0.6) is 0 Å². The number of hydrogen-bond donors (Lipinski definition) is 0. The van der Waals surface area contributed by atoms with E-state index in [0.717, 1.165) is 25.9 Å². The smallest absolute Gasteiger partial charge is 0.202 e. The molecule has 19 heavy (non-hydrogen) atoms. The van der Waals surface area contributed by atoms with Gasteiger partial charge in [0.25, 0.3) is 0 Å². The van der Waals surface area contributed by atoms with E-state index in [-0.39, 0.29) is 0 Å². The minimum absolute atomic E-state index is 0.791. The van der Waals surface area contributed by atoms with E-state index in [9.17, 15) is 0 Å². The maximum Gasteiger partial charge on any atom is 0.202 e. The predicted molar refractivity (Wildman–Crippen MR) is 84.9 cm³/mol. The van der Waals surface area contributed by atoms with E-state index in [1.807, 2.05) is 13.0 Å². The van der Waals surface area contributed by atoms with Gasteiger partial charge in [0.05, 0.1) is 6.23 Å². The molecule has 0 aliphatic carbocycles. The van der Waals surface area contributed by atoms with Gasteiger partial charge in [0.2, 0.25) is 9.04 Å². The van der Waals surface area contributed by atoms with Crippen LogP contribution in [0.25, 0.3) is 6.08 Å². The van der Waals surface area contributed by atoms with Crippen molar-refractivity contribution in [2.45, 2.75) is 32.7 Å². The molecule has 1 aromatic rings. The Morgan fingerprint density at radius 3 is 2.53 bits per heavy atom. The van der Waals surface area contributed by atoms with Gasteiger partial charge in [-0.15, -0.1) is 0 Å². The molecule has 0 saturated heterocycles. The zero-order valence-corrected chi connectivity index (χ0v) is 13.4. The van der Waals surface area contributed by atoms with Crippen LogP contribution in [0.4, 0.5) is 0 Å². The van der Waals surface area contributed by atoms with Crippen LogP contribution in [0.1, 0.15) is 31.4 Å². The Labute approximate surface area is 119 Å². The first kappa shape index (κ1) is 16.2. The first-order chi connectivity index (χ1) is 9.30. The largest absolute Gasteiger partial charge is 0.417 e. The fourth-order valence-electron chi connectivity index (χ4n) is 1.95. The molecule has 0 N–H and O–H groups in total. The Hall–Kier alpha value is -0.903. The second-order valence-electron chi connectivity index (χ2n) is 4.64. The predicted octanol–water partition coefficient (Wildman–Crippen LogP) is 3.60. The Balaban J connectivity index is 2.31. The van der Waals surface area contributed by atoms with Crippen molar-refractivity contribution in [2.24, 2.45) is 0 Å². The molecule has 2 nitrogen and oxygen atoms in total. The molecular formula is C16H26O2Si. The molecule has 1 unspecified atom stereocenters. The summed E-state index contributed by atoms with van der Waals surface area (Å²) in [5.41, 5.74) is 2.49. The van der Waals surface area contributed by atoms with Crippen LogP contribution < -0.4 is 0 Å². The SMILES string of the molecule is C=Cc1ccc(CCO[SiH](CCC)COCC)cc1. The van der Waals surface area contributed by atoms with Gasteiger partial charge in [0.15, 0.2) is 0 Å². The Morgan fingerprint density at radius 1 is 1.21 bits per heavy atom. The third kappa shape index (κ3) is 6.71. The van der Waals surface area contributed by atoms with Crippen LogP contribution in [0.3, 0.4) is 0 Å². The van der Waals surface area contributed by atoms with Gasteiger partial charge in [-0.2, -0.15) is 0 Å². The van der Waals surface area contributed by atoms with Crippen molar-refractivity contribution < 1.29 is 9.16 Å². The molecule has 0 aromatic heterocycles. The van der Waals surface area contributed by atoms with Crippen molar-refractivity contribution in [3.8, 4) is 0 Å². The summed E-state index contributed by atoms with van der Waals surface area (Å²) in [4.78, 5) is 0. The molecule has 3 heteroatoms. The quantitative estimate of drug-likeness (QED) is 0.609. The standard InChI is InChI=1S/C16H26O2Si/c1-4-13-19(14-17-6-3)18-12-11-16-9-7-15(5-2)8-10-16/h5,7-10,19H,2,4,6,11-14H2,1,3H3. The van der Waals surface area contributed by atoms with E-state index >= 15 is 0 Å². The molecule has 1 atom stereocenters. The second kappa shape index (κ2) is 9.95. The van der Waals surface area contributed by atoms with Crippen molar-refractivity contribution in [1.82, 2.24) is 0 Å². The van der Waals surface area contributed by atoms with Crippen molar-refractivity contribution >= 4 is 15.1 Å². The summed E-state index contributed by atoms with van der Waals surface area (Å²) in [7, 11) is -1.15. The monoisotopic (exact) mass is 278 g/mol. The summed E-state index contributed by atoms with van der Waals surface area (Å²) in [5.74, 6) is 0. The van der Waals surface area contributed by atoms with Crippen LogP contribution in [-0.2, 0) is 15.6 Å². The Morgan fingerprint density at radius 2 is 1.95 bits per heavy atom. The second-order valence-corrected chi connectivity index (χ2v) is 7.12. The summed E-state index contributed by atoms with van der Waals surface area (Å²) in [5, 5.41) is 0. The number of benzene rings is 1. The lowest BCUT2D eigenvalue weighted by Gasteiger charge is -2.15. The zero-order valence-electron chi connectivity index (χ0n) is 12.2. The highest BCUT2D eigenvalue weighted by molar-refractivity contribution is 6.51. The highest BCUT2D eigenvalue weighted by Crippen LogP contribution is 2.07. The third-order valence-corrected chi connectivity index (χ3v) is 5.61. The van der Waals surface area contributed by atoms with Gasteiger partial charge >= 0.3 is 0 Å². The van der Waals surface area contributed by atoms with E-state index in [1.165, 1.54) is 23.6 Å². The summed E-state index contributed by atoms with van der Waals surface area (Å²) in [6.45, 7) is 9.62. The highest BCUT2D eigenvalue weighted by atomic mass is 28.3. The summed E-state index contributed by atoms with van der Waals surface area (Å²) in [6, 6.07) is 9.71. The molecule has 0 bridgehead atoms. The fourth-order valence-corrected chi connectivity index (χ4v) is 3.97. The molecule has 106 valence electrons. The first-order valence-corrected chi connectivity index (χ1v) is 9.31. The lowest BCUT2D eigenvalue weighted by molar-refractivity contribution is 0.171. The van der Waals surface area contributed by atoms with Crippen molar-refractivity contribution in [2.75, 3.05) is 19.4 Å². The Bertz CT molecular complexity index is 348. The van der Waals surface area contributed by atoms with Crippen molar-refractivity contribution in [1.29, 1.82) is 0 Å². The zero-order chi connectivity index (χ0) is 13.9. The normalized spacial score (nSPS) is 12.3. The van der Waals surface area contributed by atoms with Crippen LogP contribution in [0.2, 0.25) is 6.04 Å². The molecule has 1 rings (SSSR count). The maximum atomic E-state index is 6.04. The van der Waals surface area contributed by atoms with Crippen molar-refractivity contribution in [3.63, 3.8) is 0 Å². The minimum atomic E-state index is -1.15. The topological polar surface area (TPSA) is 18.5 Å². The average Bonchev–Trinajstić information content (AvgIpc) is 2.45. The lowest BCUT2D eigenvalue weighted by atomic mass is 10.1. The van der Waals surface area contributed by atoms with E-state index in [4.69, 9.17) is 9.16 Å². The molecule has 0 aliphatic rings. The number of rotatable bonds is 10. The van der Waals surface area contributed by atoms with Crippen LogP contribution >= 0.6 is 0 Å². The lowest BCUT2D eigenvalue weighted by Crippen LogP contribution is -2.26. The molecule has 0 fully saturated rings. The molecular weight excluding hydrogens is 252 g/mol. The van der Waals surface area contributed by atoms with Crippen LogP contribution in [0.15, 0.2) is 30.8 Å². The molecule has 0 radical (unpaired) electrons. The minimum Gasteiger partial charge on any atom is -0.417 e. The number of hydrogen-bond acceptors (Lipinski definition) is 2. The van der Waals surface area contributed by atoms with E-state index in [0.29, 0.717) is 0 Å². The third-order valence-electron chi connectivity index (χ3n) is 3.08. The first-order valence-electron chi connectivity index (χ1n) is 7.20. The molecule has 0 saturated carbocycles. The summed E-state index contributed by atoms with van der Waals surface area (Å²) >= 11 is 0. The van der Waals surface area contributed by atoms with E-state index < -0.39 is 9.04 Å². The molecule has 0 aliphatic heterocycles. The van der Waals surface area contributed by atoms with Crippen LogP contribution in [0, 0.1) is 0 Å². The van der Waals surface area contributed by atoms with Gasteiger partial charge in [-0.05, 0) is 30.5 Å². The average molecular weight is 278 g/mol. The van der Waals surface area contributed by atoms with Gasteiger partial charge in [0.1, 0.15) is 0 Å². The molecule has 0 spiro atoms. The van der Waals surface area contributed by atoms with Crippen LogP contribution in [-0.4, -0.2) is 28.5 Å². The van der Waals surface area contributed by atoms with Crippen molar-refractivity contribution in [3.05, 3.63) is 42.0 Å². The summed E-state index contributed by atoms with van der Waals surface area (Å²) in [6.07, 6.45) is 4.89. The van der Waals surface area contributed by atoms with Gasteiger partial charge in [-0.3, -0.25) is 0 Å². The van der Waals surface area contributed by atoms with Gasteiger partial charge in [-0.25, -0.2) is 0 Å². The number of ether oxygens (including phenoxy) is 1. The Kier molecular flexibility index (Phi) is 8.46. The summed E-state index contributed by atoms with van der Waals surface area (Å²) < 4.78 is 11.5. The van der Waals surface area contributed by atoms with Gasteiger partial charge in [-0.1, -0.05) is 50.3 Å². The molecule has 0 heterocycles.